The first kappa shape index (κ1) is 27.1. The number of aromatic nitrogens is 5. The minimum Gasteiger partial charge on any atom is -0.406 e. The van der Waals surface area contributed by atoms with Crippen LogP contribution in [0, 0.1) is 13.8 Å². The number of ether oxygens (including phenoxy) is 1. The number of aryl methyl sites for hydroxylation is 2. The first-order chi connectivity index (χ1) is 19.8. The number of carbonyl (C=O) groups excluding carboxylic acids is 1. The number of hydrogen-bond acceptors (Lipinski definition) is 7. The number of aromatic amines is 1. The average molecular weight is 595 g/mol. The Labute approximate surface area is 236 Å². The highest BCUT2D eigenvalue weighted by atomic mass is 32.2. The van der Waals surface area contributed by atoms with Crippen molar-refractivity contribution >= 4 is 43.6 Å². The number of nitrogens with zero attached hydrogens (tertiary/aromatic N) is 4. The lowest BCUT2D eigenvalue weighted by molar-refractivity contribution is -0.274. The van der Waals surface area contributed by atoms with Crippen LogP contribution in [0.2, 0.25) is 0 Å². The lowest BCUT2D eigenvalue weighted by Gasteiger charge is -2.13. The second-order valence-electron chi connectivity index (χ2n) is 9.59. The van der Waals surface area contributed by atoms with Gasteiger partial charge in [0.1, 0.15) is 23.1 Å². The molecule has 0 spiro atoms. The number of hydrogen-bond donors (Lipinski definition) is 2. The Kier molecular flexibility index (Phi) is 6.11. The largest absolute Gasteiger partial charge is 0.573 e. The van der Waals surface area contributed by atoms with Crippen molar-refractivity contribution in [2.45, 2.75) is 25.1 Å². The number of fused-ring (bicyclic) bond motifs is 2. The number of ketones is 1. The molecule has 0 unspecified atom stereocenters. The first-order valence-electron chi connectivity index (χ1n) is 12.4. The van der Waals surface area contributed by atoms with Crippen molar-refractivity contribution in [2.75, 3.05) is 5.73 Å². The molecule has 3 N–H and O–H groups in total. The Morgan fingerprint density at radius 3 is 2.45 bits per heavy atom. The van der Waals surface area contributed by atoms with Gasteiger partial charge in [0.05, 0.1) is 38.9 Å². The number of carbonyl (C=O) groups is 1. The molecule has 0 radical (unpaired) electrons. The summed E-state index contributed by atoms with van der Waals surface area (Å²) in [5.41, 5.74) is 8.43. The van der Waals surface area contributed by atoms with Gasteiger partial charge < -0.3 is 15.5 Å². The zero-order valence-corrected chi connectivity index (χ0v) is 22.8. The van der Waals surface area contributed by atoms with Gasteiger partial charge in [-0.2, -0.15) is 5.10 Å². The standard InChI is InChI=1S/C28H21F3N6O4S/c1-15-3-8-20(9-4-15)42(39,40)37-24-13-19(41-28(29,30)31)7-5-17(24)11-25(37)26(38)21-14-33-36(27(21)32)18-6-10-22-23(12-18)35-16(2)34-22/h3-14H,32H2,1-2H3,(H,34,35). The summed E-state index contributed by atoms with van der Waals surface area (Å²) in [5, 5.41) is 4.43. The Morgan fingerprint density at radius 2 is 1.74 bits per heavy atom. The van der Waals surface area contributed by atoms with Crippen molar-refractivity contribution < 1.29 is 31.1 Å². The Morgan fingerprint density at radius 1 is 1.00 bits per heavy atom. The van der Waals surface area contributed by atoms with E-state index in [2.05, 4.69) is 19.8 Å². The predicted octanol–water partition coefficient (Wildman–Crippen LogP) is 5.27. The molecule has 3 aromatic carbocycles. The van der Waals surface area contributed by atoms with Gasteiger partial charge in [-0.3, -0.25) is 4.79 Å². The van der Waals surface area contributed by atoms with E-state index in [4.69, 9.17) is 5.73 Å². The molecule has 14 heteroatoms. The highest BCUT2D eigenvalue weighted by molar-refractivity contribution is 7.90. The molecular weight excluding hydrogens is 573 g/mol. The molecule has 42 heavy (non-hydrogen) atoms. The van der Waals surface area contributed by atoms with Gasteiger partial charge in [-0.1, -0.05) is 17.7 Å². The third-order valence-electron chi connectivity index (χ3n) is 6.64. The van der Waals surface area contributed by atoms with Gasteiger partial charge in [0.2, 0.25) is 5.78 Å². The normalized spacial score (nSPS) is 12.3. The van der Waals surface area contributed by atoms with E-state index < -0.39 is 27.9 Å². The van der Waals surface area contributed by atoms with E-state index in [0.717, 1.165) is 23.2 Å². The number of H-pyrrole nitrogens is 1. The maximum Gasteiger partial charge on any atom is 0.573 e. The zero-order valence-electron chi connectivity index (χ0n) is 22.0. The molecule has 0 atom stereocenters. The van der Waals surface area contributed by atoms with Crippen LogP contribution in [0.25, 0.3) is 27.6 Å². The van der Waals surface area contributed by atoms with Gasteiger partial charge in [-0.15, -0.1) is 13.2 Å². The Hall–Kier alpha value is -5.11. The molecule has 214 valence electrons. The number of anilines is 1. The quantitative estimate of drug-likeness (QED) is 0.251. The molecule has 3 heterocycles. The van der Waals surface area contributed by atoms with Crippen LogP contribution in [0.5, 0.6) is 5.75 Å². The van der Waals surface area contributed by atoms with Crippen molar-refractivity contribution in [3.8, 4) is 11.4 Å². The number of nitrogens with one attached hydrogen (secondary N) is 1. The monoisotopic (exact) mass is 594 g/mol. The van der Waals surface area contributed by atoms with Gasteiger partial charge in [0, 0.05) is 11.5 Å². The molecule has 0 aliphatic carbocycles. The zero-order chi connectivity index (χ0) is 30.0. The highest BCUT2D eigenvalue weighted by Gasteiger charge is 2.33. The van der Waals surface area contributed by atoms with Crippen LogP contribution in [0.4, 0.5) is 19.0 Å². The van der Waals surface area contributed by atoms with Crippen LogP contribution in [-0.4, -0.2) is 44.3 Å². The number of nitrogens with two attached hydrogens (primary N) is 1. The lowest BCUT2D eigenvalue weighted by Crippen LogP contribution is -2.20. The summed E-state index contributed by atoms with van der Waals surface area (Å²) >= 11 is 0. The van der Waals surface area contributed by atoms with Crippen LogP contribution in [0.15, 0.2) is 77.8 Å². The van der Waals surface area contributed by atoms with E-state index in [1.165, 1.54) is 35.1 Å². The van der Waals surface area contributed by atoms with Crippen molar-refractivity contribution in [3.63, 3.8) is 0 Å². The first-order valence-corrected chi connectivity index (χ1v) is 13.8. The summed E-state index contributed by atoms with van der Waals surface area (Å²) in [6.07, 6.45) is -3.81. The highest BCUT2D eigenvalue weighted by Crippen LogP contribution is 2.33. The summed E-state index contributed by atoms with van der Waals surface area (Å²) in [4.78, 5) is 21.2. The van der Waals surface area contributed by atoms with E-state index in [-0.39, 0.29) is 32.9 Å². The Balaban J connectivity index is 1.51. The molecule has 3 aromatic heterocycles. The SMILES string of the molecule is Cc1ccc(S(=O)(=O)n2c(C(=O)c3cnn(-c4ccc5[nH]c(C)nc5c4)c3N)cc3ccc(OC(F)(F)F)cc32)cc1. The molecular formula is C28H21F3N6O4S. The second-order valence-corrected chi connectivity index (χ2v) is 11.4. The number of benzene rings is 3. The maximum absolute atomic E-state index is 13.9. The van der Waals surface area contributed by atoms with Crippen LogP contribution in [0.1, 0.15) is 27.4 Å². The van der Waals surface area contributed by atoms with Crippen LogP contribution >= 0.6 is 0 Å². The minimum absolute atomic E-state index is 0.0720. The molecule has 10 nitrogen and oxygen atoms in total. The number of rotatable bonds is 6. The van der Waals surface area contributed by atoms with Crippen molar-refractivity contribution in [2.24, 2.45) is 0 Å². The van der Waals surface area contributed by atoms with Crippen LogP contribution < -0.4 is 10.5 Å². The molecule has 6 rings (SSSR count). The lowest BCUT2D eigenvalue weighted by atomic mass is 10.1. The van der Waals surface area contributed by atoms with E-state index >= 15 is 0 Å². The minimum atomic E-state index is -5.01. The molecule has 6 aromatic rings. The smallest absolute Gasteiger partial charge is 0.406 e. The van der Waals surface area contributed by atoms with E-state index in [0.29, 0.717) is 21.0 Å². The predicted molar refractivity (Wildman–Crippen MR) is 148 cm³/mol. The molecule has 0 bridgehead atoms. The summed E-state index contributed by atoms with van der Waals surface area (Å²) in [7, 11) is -4.48. The van der Waals surface area contributed by atoms with Gasteiger partial charge in [-0.25, -0.2) is 22.1 Å². The third kappa shape index (κ3) is 4.64. The van der Waals surface area contributed by atoms with Crippen molar-refractivity contribution in [1.29, 1.82) is 0 Å². The van der Waals surface area contributed by atoms with E-state index in [1.54, 1.807) is 44.2 Å². The third-order valence-corrected chi connectivity index (χ3v) is 8.38. The molecule has 0 saturated carbocycles. The fourth-order valence-corrected chi connectivity index (χ4v) is 6.22. The van der Waals surface area contributed by atoms with Gasteiger partial charge in [0.25, 0.3) is 10.0 Å². The fraction of sp³-hybridized carbons (Fsp3) is 0.107. The van der Waals surface area contributed by atoms with Crippen molar-refractivity contribution in [1.82, 2.24) is 23.7 Å². The summed E-state index contributed by atoms with van der Waals surface area (Å²) in [6, 6.07) is 15.5. The molecule has 0 aliphatic rings. The second kappa shape index (κ2) is 9.48. The summed E-state index contributed by atoms with van der Waals surface area (Å²) < 4.78 is 72.8. The number of nitrogen functional groups attached to an aromatic ring is 1. The van der Waals surface area contributed by atoms with Gasteiger partial charge in [0.15, 0.2) is 0 Å². The van der Waals surface area contributed by atoms with Crippen molar-refractivity contribution in [3.05, 3.63) is 95.6 Å². The van der Waals surface area contributed by atoms with Gasteiger partial charge >= 0.3 is 6.36 Å². The molecule has 0 fully saturated rings. The Bertz CT molecular complexity index is 2130. The van der Waals surface area contributed by atoms with Gasteiger partial charge in [-0.05, 0) is 62.4 Å². The number of halogens is 3. The van der Waals surface area contributed by atoms with E-state index in [9.17, 15) is 26.4 Å². The fourth-order valence-electron chi connectivity index (χ4n) is 4.72. The van der Waals surface area contributed by atoms with E-state index in [1.807, 2.05) is 0 Å². The number of alkyl halides is 3. The molecule has 0 aliphatic heterocycles. The van der Waals surface area contributed by atoms with Crippen LogP contribution in [-0.2, 0) is 10.0 Å². The average Bonchev–Trinajstić information content (AvgIpc) is 3.60. The number of imidazole rings is 1. The summed E-state index contributed by atoms with van der Waals surface area (Å²) in [6.45, 7) is 3.57. The van der Waals surface area contributed by atoms with Crippen LogP contribution in [0.3, 0.4) is 0 Å². The summed E-state index contributed by atoms with van der Waals surface area (Å²) in [5.74, 6) is -0.820. The molecule has 0 amide bonds. The topological polar surface area (TPSA) is 138 Å². The maximum atomic E-state index is 13.9. The molecule has 0 saturated heterocycles.